The highest BCUT2D eigenvalue weighted by Crippen LogP contribution is 2.31. The molecule has 0 aliphatic carbocycles. The lowest BCUT2D eigenvalue weighted by Gasteiger charge is -2.33. The molecule has 1 amide bonds. The summed E-state index contributed by atoms with van der Waals surface area (Å²) in [5.41, 5.74) is 1.31. The van der Waals surface area contributed by atoms with E-state index in [1.165, 1.54) is 4.68 Å². The van der Waals surface area contributed by atoms with Gasteiger partial charge < -0.3 is 15.2 Å². The molecule has 1 unspecified atom stereocenters. The van der Waals surface area contributed by atoms with Crippen molar-refractivity contribution in [2.45, 2.75) is 37.6 Å². The molecule has 4 rings (SSSR count). The van der Waals surface area contributed by atoms with Gasteiger partial charge in [0.25, 0.3) is 11.8 Å². The van der Waals surface area contributed by atoms with Gasteiger partial charge in [-0.1, -0.05) is 18.2 Å². The average molecular weight is 514 g/mol. The highest BCUT2D eigenvalue weighted by atomic mass is 19.3. The van der Waals surface area contributed by atoms with Gasteiger partial charge in [-0.05, 0) is 49.7 Å². The molecule has 0 saturated carbocycles. The summed E-state index contributed by atoms with van der Waals surface area (Å²) in [4.78, 5) is 30.6. The number of amides is 1. The van der Waals surface area contributed by atoms with Crippen molar-refractivity contribution in [2.75, 3.05) is 26.7 Å². The molecule has 0 radical (unpaired) electrons. The Morgan fingerprint density at radius 3 is 2.70 bits per heavy atom. The number of benzene rings is 1. The summed E-state index contributed by atoms with van der Waals surface area (Å²) in [6, 6.07) is 13.4. The van der Waals surface area contributed by atoms with Crippen LogP contribution < -0.4 is 10.1 Å². The Bertz CT molecular complexity index is 1230. The van der Waals surface area contributed by atoms with Crippen LogP contribution in [0.3, 0.4) is 0 Å². The van der Waals surface area contributed by atoms with Gasteiger partial charge >= 0.3 is 5.97 Å². The van der Waals surface area contributed by atoms with E-state index >= 15 is 0 Å². The van der Waals surface area contributed by atoms with E-state index in [1.54, 1.807) is 48.5 Å². The molecule has 37 heavy (non-hydrogen) atoms. The number of carboxylic acids is 1. The van der Waals surface area contributed by atoms with Crippen LogP contribution in [0.5, 0.6) is 5.75 Å². The van der Waals surface area contributed by atoms with Crippen molar-refractivity contribution < 1.29 is 28.2 Å². The van der Waals surface area contributed by atoms with Crippen molar-refractivity contribution in [1.29, 1.82) is 0 Å². The molecule has 3 heterocycles. The molecule has 0 bridgehead atoms. The third-order valence-electron chi connectivity index (χ3n) is 6.21. The van der Waals surface area contributed by atoms with Gasteiger partial charge in [-0.25, -0.2) is 18.4 Å². The van der Waals surface area contributed by atoms with Gasteiger partial charge in [0.15, 0.2) is 11.5 Å². The summed E-state index contributed by atoms with van der Waals surface area (Å²) in [5.74, 6) is -3.36. The summed E-state index contributed by atoms with van der Waals surface area (Å²) < 4.78 is 34.5. The lowest BCUT2D eigenvalue weighted by atomic mass is 10.1. The number of pyridine rings is 1. The van der Waals surface area contributed by atoms with Gasteiger partial charge in [0.05, 0.1) is 25.8 Å². The van der Waals surface area contributed by atoms with Crippen LogP contribution in [0.2, 0.25) is 0 Å². The first-order valence-corrected chi connectivity index (χ1v) is 12.0. The predicted molar refractivity (Wildman–Crippen MR) is 132 cm³/mol. The molecule has 2 aromatic heterocycles. The Balaban J connectivity index is 1.57. The first-order valence-electron chi connectivity index (χ1n) is 12.0. The SMILES string of the molecule is COc1ccccc1-c1cc(C(=O)NC(CCN2CCCC(F)(F)C2)CC(=O)O)nn1-c1ccccn1. The number of carbonyl (C=O) groups excluding carboxylic acids is 1. The summed E-state index contributed by atoms with van der Waals surface area (Å²) in [6.07, 6.45) is 1.71. The fourth-order valence-corrected chi connectivity index (χ4v) is 4.47. The van der Waals surface area contributed by atoms with Crippen LogP contribution in [0.1, 0.15) is 36.2 Å². The van der Waals surface area contributed by atoms with Gasteiger partial charge in [0, 0.05) is 30.8 Å². The van der Waals surface area contributed by atoms with Crippen molar-refractivity contribution in [3.63, 3.8) is 0 Å². The van der Waals surface area contributed by atoms with Crippen LogP contribution >= 0.6 is 0 Å². The van der Waals surface area contributed by atoms with E-state index in [9.17, 15) is 23.5 Å². The molecule has 3 aromatic rings. The number of methoxy groups -OCH3 is 1. The zero-order valence-corrected chi connectivity index (χ0v) is 20.4. The normalized spacial score (nSPS) is 16.2. The summed E-state index contributed by atoms with van der Waals surface area (Å²) in [6.45, 7) is 0.403. The summed E-state index contributed by atoms with van der Waals surface area (Å²) >= 11 is 0. The summed E-state index contributed by atoms with van der Waals surface area (Å²) in [7, 11) is 1.54. The molecule has 1 atom stereocenters. The van der Waals surface area contributed by atoms with Gasteiger partial charge in [-0.2, -0.15) is 5.10 Å². The maximum atomic E-state index is 13.8. The van der Waals surface area contributed by atoms with Crippen LogP contribution in [0, 0.1) is 0 Å². The quantitative estimate of drug-likeness (QED) is 0.426. The van der Waals surface area contributed by atoms with E-state index < -0.39 is 23.8 Å². The Kier molecular flexibility index (Phi) is 8.12. The van der Waals surface area contributed by atoms with Crippen LogP contribution in [0.4, 0.5) is 8.78 Å². The first-order chi connectivity index (χ1) is 17.8. The van der Waals surface area contributed by atoms with Crippen molar-refractivity contribution in [3.05, 3.63) is 60.4 Å². The number of ether oxygens (including phenoxy) is 1. The number of piperidine rings is 1. The standard InChI is InChI=1S/C26H29F2N5O4/c1-37-22-8-3-2-7-19(22)21-16-20(31-33(21)23-9-4-5-12-29-23)25(36)30-18(15-24(34)35)10-14-32-13-6-11-26(27,28)17-32/h2-5,7-9,12,16,18H,6,10-11,13-15,17H2,1H3,(H,30,36)(H,34,35). The molecule has 9 nitrogen and oxygen atoms in total. The number of aromatic nitrogens is 3. The molecular weight excluding hydrogens is 484 g/mol. The number of carboxylic acid groups (broad SMARTS) is 1. The van der Waals surface area contributed by atoms with Crippen molar-refractivity contribution in [2.24, 2.45) is 0 Å². The number of hydrogen-bond donors (Lipinski definition) is 2. The molecule has 1 fully saturated rings. The van der Waals surface area contributed by atoms with Crippen LogP contribution in [-0.4, -0.2) is 75.4 Å². The monoisotopic (exact) mass is 513 g/mol. The van der Waals surface area contributed by atoms with E-state index in [2.05, 4.69) is 15.4 Å². The van der Waals surface area contributed by atoms with E-state index in [1.807, 2.05) is 18.2 Å². The van der Waals surface area contributed by atoms with Gasteiger partial charge in [-0.3, -0.25) is 14.5 Å². The molecule has 1 aliphatic rings. The topological polar surface area (TPSA) is 110 Å². The minimum atomic E-state index is -2.75. The van der Waals surface area contributed by atoms with Crippen LogP contribution in [-0.2, 0) is 4.79 Å². The lowest BCUT2D eigenvalue weighted by molar-refractivity contribution is -0.137. The first kappa shape index (κ1) is 26.2. The van der Waals surface area contributed by atoms with E-state index in [-0.39, 0.29) is 38.0 Å². The average Bonchev–Trinajstić information content (AvgIpc) is 3.32. The Labute approximate surface area is 213 Å². The third kappa shape index (κ3) is 6.67. The minimum Gasteiger partial charge on any atom is -0.496 e. The molecule has 2 N–H and O–H groups in total. The van der Waals surface area contributed by atoms with E-state index in [4.69, 9.17) is 4.74 Å². The minimum absolute atomic E-state index is 0.0615. The zero-order chi connectivity index (χ0) is 26.4. The fourth-order valence-electron chi connectivity index (χ4n) is 4.47. The third-order valence-corrected chi connectivity index (χ3v) is 6.21. The number of nitrogens with zero attached hydrogens (tertiary/aromatic N) is 4. The Morgan fingerprint density at radius 2 is 2.00 bits per heavy atom. The molecule has 0 spiro atoms. The number of para-hydroxylation sites is 1. The van der Waals surface area contributed by atoms with Gasteiger partial charge in [-0.15, -0.1) is 0 Å². The molecular formula is C26H29F2N5O4. The second-order valence-electron chi connectivity index (χ2n) is 9.01. The number of alkyl halides is 2. The number of hydrogen-bond acceptors (Lipinski definition) is 6. The Hall–Kier alpha value is -3.86. The second-order valence-corrected chi connectivity index (χ2v) is 9.01. The van der Waals surface area contributed by atoms with Crippen molar-refractivity contribution >= 4 is 11.9 Å². The maximum Gasteiger partial charge on any atom is 0.305 e. The van der Waals surface area contributed by atoms with Crippen molar-refractivity contribution in [3.8, 4) is 22.8 Å². The molecule has 1 aromatic carbocycles. The molecule has 196 valence electrons. The van der Waals surface area contributed by atoms with Crippen molar-refractivity contribution in [1.82, 2.24) is 25.0 Å². The zero-order valence-electron chi connectivity index (χ0n) is 20.4. The maximum absolute atomic E-state index is 13.8. The number of aliphatic carboxylic acids is 1. The van der Waals surface area contributed by atoms with E-state index in [0.717, 1.165) is 0 Å². The van der Waals surface area contributed by atoms with Crippen LogP contribution in [0.25, 0.3) is 17.1 Å². The smallest absolute Gasteiger partial charge is 0.305 e. The second kappa shape index (κ2) is 11.5. The highest BCUT2D eigenvalue weighted by Gasteiger charge is 2.35. The molecule has 1 aliphatic heterocycles. The summed E-state index contributed by atoms with van der Waals surface area (Å²) in [5, 5.41) is 16.6. The molecule has 11 heteroatoms. The number of likely N-dealkylation sites (tertiary alicyclic amines) is 1. The highest BCUT2D eigenvalue weighted by molar-refractivity contribution is 5.94. The Morgan fingerprint density at radius 1 is 1.22 bits per heavy atom. The van der Waals surface area contributed by atoms with Gasteiger partial charge in [0.2, 0.25) is 0 Å². The number of rotatable bonds is 10. The number of nitrogens with one attached hydrogen (secondary N) is 1. The number of halogens is 2. The van der Waals surface area contributed by atoms with Gasteiger partial charge in [0.1, 0.15) is 5.75 Å². The number of carbonyl (C=O) groups is 2. The fraction of sp³-hybridized carbons (Fsp3) is 0.385. The lowest BCUT2D eigenvalue weighted by Crippen LogP contribution is -2.45. The van der Waals surface area contributed by atoms with E-state index in [0.29, 0.717) is 35.8 Å². The predicted octanol–water partition coefficient (Wildman–Crippen LogP) is 3.64. The molecule has 1 saturated heterocycles. The van der Waals surface area contributed by atoms with Crippen LogP contribution in [0.15, 0.2) is 54.7 Å². The largest absolute Gasteiger partial charge is 0.496 e.